The van der Waals surface area contributed by atoms with Crippen LogP contribution in [-0.2, 0) is 11.3 Å². The van der Waals surface area contributed by atoms with Crippen molar-refractivity contribution in [1.29, 1.82) is 0 Å². The molecule has 1 unspecified atom stereocenters. The predicted molar refractivity (Wildman–Crippen MR) is 98.5 cm³/mol. The van der Waals surface area contributed by atoms with Gasteiger partial charge in [-0.05, 0) is 17.7 Å². The summed E-state index contributed by atoms with van der Waals surface area (Å²) < 4.78 is 15.7. The second-order valence-corrected chi connectivity index (χ2v) is 5.89. The zero-order valence-corrected chi connectivity index (χ0v) is 15.2. The average molecular weight is 366 g/mol. The van der Waals surface area contributed by atoms with E-state index in [0.29, 0.717) is 17.2 Å². The maximum absolute atomic E-state index is 12.8. The SMILES string of the molecule is [C-]#[N+]C1C(=O)c2c(OC)cc(OC)cc2N(Cc2ccc(OC)cc2)C1=O. The number of ketones is 1. The molecule has 2 aromatic rings. The molecule has 1 heterocycles. The summed E-state index contributed by atoms with van der Waals surface area (Å²) in [6.07, 6.45) is 0. The molecule has 0 radical (unpaired) electrons. The minimum atomic E-state index is -1.42. The molecule has 138 valence electrons. The summed E-state index contributed by atoms with van der Waals surface area (Å²) in [5.41, 5.74) is 1.42. The molecular formula is C20H18N2O5. The van der Waals surface area contributed by atoms with Gasteiger partial charge >= 0.3 is 11.9 Å². The lowest BCUT2D eigenvalue weighted by atomic mass is 9.94. The minimum Gasteiger partial charge on any atom is -0.497 e. The first-order valence-electron chi connectivity index (χ1n) is 8.15. The molecule has 0 saturated carbocycles. The van der Waals surface area contributed by atoms with Crippen molar-refractivity contribution in [2.45, 2.75) is 12.6 Å². The molecule has 0 N–H and O–H groups in total. The van der Waals surface area contributed by atoms with E-state index in [-0.39, 0.29) is 17.9 Å². The van der Waals surface area contributed by atoms with E-state index in [0.717, 1.165) is 5.56 Å². The lowest BCUT2D eigenvalue weighted by Crippen LogP contribution is -2.46. The molecule has 0 saturated heterocycles. The summed E-state index contributed by atoms with van der Waals surface area (Å²) in [6.45, 7) is 7.50. The molecule has 0 spiro atoms. The number of fused-ring (bicyclic) bond motifs is 1. The standard InChI is InChI=1S/C20H18N2O5/c1-21-18-19(23)17-15(9-14(26-3)10-16(17)27-4)22(20(18)24)11-12-5-7-13(25-2)8-6-12/h5-10,18H,11H2,2-4H3. The van der Waals surface area contributed by atoms with Gasteiger partial charge in [0.1, 0.15) is 17.2 Å². The van der Waals surface area contributed by atoms with Crippen LogP contribution in [0.15, 0.2) is 36.4 Å². The van der Waals surface area contributed by atoms with Crippen molar-refractivity contribution >= 4 is 17.4 Å². The van der Waals surface area contributed by atoms with Crippen LogP contribution in [0.3, 0.4) is 0 Å². The van der Waals surface area contributed by atoms with E-state index in [4.69, 9.17) is 20.8 Å². The van der Waals surface area contributed by atoms with Crippen molar-refractivity contribution in [3.63, 3.8) is 0 Å². The first kappa shape index (κ1) is 18.3. The number of Topliss-reactive ketones (excluding diaryl/α,β-unsaturated/α-hetero) is 1. The number of rotatable bonds is 5. The molecule has 3 rings (SSSR count). The normalized spacial score (nSPS) is 15.8. The highest BCUT2D eigenvalue weighted by Crippen LogP contribution is 2.40. The van der Waals surface area contributed by atoms with Gasteiger partial charge in [0.15, 0.2) is 0 Å². The Kier molecular flexibility index (Phi) is 4.99. The van der Waals surface area contributed by atoms with Crippen molar-refractivity contribution in [3.8, 4) is 17.2 Å². The summed E-state index contributed by atoms with van der Waals surface area (Å²) in [7, 11) is 4.49. The largest absolute Gasteiger partial charge is 0.497 e. The number of anilines is 1. The third-order valence-corrected chi connectivity index (χ3v) is 4.42. The predicted octanol–water partition coefficient (Wildman–Crippen LogP) is 2.73. The Morgan fingerprint density at radius 2 is 1.67 bits per heavy atom. The molecule has 1 aliphatic heterocycles. The number of carbonyl (C=O) groups is 2. The number of benzene rings is 2. The van der Waals surface area contributed by atoms with Crippen LogP contribution < -0.4 is 19.1 Å². The van der Waals surface area contributed by atoms with Gasteiger partial charge in [0.2, 0.25) is 0 Å². The van der Waals surface area contributed by atoms with Crippen LogP contribution in [0.4, 0.5) is 5.69 Å². The number of carbonyl (C=O) groups excluding carboxylic acids is 2. The van der Waals surface area contributed by atoms with Crippen LogP contribution >= 0.6 is 0 Å². The van der Waals surface area contributed by atoms with Gasteiger partial charge in [0.25, 0.3) is 5.78 Å². The first-order valence-corrected chi connectivity index (χ1v) is 8.15. The van der Waals surface area contributed by atoms with Crippen LogP contribution in [0.5, 0.6) is 17.2 Å². The molecule has 0 aliphatic carbocycles. The fourth-order valence-corrected chi connectivity index (χ4v) is 3.02. The fourth-order valence-electron chi connectivity index (χ4n) is 3.02. The minimum absolute atomic E-state index is 0.200. The lowest BCUT2D eigenvalue weighted by molar-refractivity contribution is -0.118. The Morgan fingerprint density at radius 1 is 1.00 bits per heavy atom. The van der Waals surface area contributed by atoms with Gasteiger partial charge in [-0.3, -0.25) is 19.3 Å². The van der Waals surface area contributed by atoms with Crippen molar-refractivity contribution in [3.05, 3.63) is 58.9 Å². The monoisotopic (exact) mass is 366 g/mol. The van der Waals surface area contributed by atoms with E-state index in [1.165, 1.54) is 19.1 Å². The molecule has 0 fully saturated rings. The van der Waals surface area contributed by atoms with Crippen molar-refractivity contribution < 1.29 is 23.8 Å². The summed E-state index contributed by atoms with van der Waals surface area (Å²) in [6, 6.07) is 8.98. The number of ether oxygens (including phenoxy) is 3. The number of hydrogen-bond acceptors (Lipinski definition) is 5. The molecule has 0 aromatic heterocycles. The van der Waals surface area contributed by atoms with Gasteiger partial charge in [0.05, 0.1) is 39.1 Å². The van der Waals surface area contributed by atoms with E-state index in [2.05, 4.69) is 4.85 Å². The van der Waals surface area contributed by atoms with Gasteiger partial charge in [-0.1, -0.05) is 12.1 Å². The first-order chi connectivity index (χ1) is 13.0. The second-order valence-electron chi connectivity index (χ2n) is 5.89. The molecule has 1 aliphatic rings. The number of nitrogens with zero attached hydrogens (tertiary/aromatic N) is 2. The molecule has 1 atom stereocenters. The Hall–Kier alpha value is -3.53. The highest BCUT2D eigenvalue weighted by atomic mass is 16.5. The highest BCUT2D eigenvalue weighted by Gasteiger charge is 2.46. The Morgan fingerprint density at radius 3 is 2.22 bits per heavy atom. The molecule has 1 amide bonds. The van der Waals surface area contributed by atoms with Gasteiger partial charge in [-0.2, -0.15) is 0 Å². The van der Waals surface area contributed by atoms with Crippen LogP contribution in [-0.4, -0.2) is 39.1 Å². The topological polar surface area (TPSA) is 69.4 Å². The van der Waals surface area contributed by atoms with Crippen LogP contribution in [0.1, 0.15) is 15.9 Å². The number of amides is 1. The highest BCUT2D eigenvalue weighted by molar-refractivity contribution is 6.26. The zero-order chi connectivity index (χ0) is 19.6. The number of methoxy groups -OCH3 is 3. The van der Waals surface area contributed by atoms with Gasteiger partial charge in [-0.25, -0.2) is 6.57 Å². The molecule has 27 heavy (non-hydrogen) atoms. The van der Waals surface area contributed by atoms with Gasteiger partial charge < -0.3 is 14.2 Å². The van der Waals surface area contributed by atoms with E-state index >= 15 is 0 Å². The zero-order valence-electron chi connectivity index (χ0n) is 15.2. The van der Waals surface area contributed by atoms with Crippen molar-refractivity contribution in [2.24, 2.45) is 0 Å². The molecular weight excluding hydrogens is 348 g/mol. The summed E-state index contributed by atoms with van der Waals surface area (Å²) in [5.74, 6) is 0.299. The van der Waals surface area contributed by atoms with Crippen molar-refractivity contribution in [2.75, 3.05) is 26.2 Å². The maximum atomic E-state index is 12.8. The van der Waals surface area contributed by atoms with E-state index in [1.807, 2.05) is 12.1 Å². The summed E-state index contributed by atoms with van der Waals surface area (Å²) in [5, 5.41) is 0. The molecule has 0 bridgehead atoms. The van der Waals surface area contributed by atoms with Gasteiger partial charge in [0, 0.05) is 12.1 Å². The van der Waals surface area contributed by atoms with Crippen molar-refractivity contribution in [1.82, 2.24) is 0 Å². The Balaban J connectivity index is 2.12. The van der Waals surface area contributed by atoms with E-state index < -0.39 is 17.7 Å². The third-order valence-electron chi connectivity index (χ3n) is 4.42. The van der Waals surface area contributed by atoms with E-state index in [9.17, 15) is 9.59 Å². The maximum Gasteiger partial charge on any atom is 0.362 e. The molecule has 2 aromatic carbocycles. The lowest BCUT2D eigenvalue weighted by Gasteiger charge is -2.30. The van der Waals surface area contributed by atoms with Crippen LogP contribution in [0, 0.1) is 6.57 Å². The molecule has 7 heteroatoms. The smallest absolute Gasteiger partial charge is 0.362 e. The van der Waals surface area contributed by atoms with E-state index in [1.54, 1.807) is 31.4 Å². The van der Waals surface area contributed by atoms with Crippen LogP contribution in [0.2, 0.25) is 0 Å². The number of hydrogen-bond donors (Lipinski definition) is 0. The summed E-state index contributed by atoms with van der Waals surface area (Å²) in [4.78, 5) is 30.2. The quantitative estimate of drug-likeness (QED) is 0.601. The Bertz CT molecular complexity index is 931. The Labute approximate surface area is 156 Å². The average Bonchev–Trinajstić information content (AvgIpc) is 2.70. The van der Waals surface area contributed by atoms with Crippen LogP contribution in [0.25, 0.3) is 4.85 Å². The summed E-state index contributed by atoms with van der Waals surface area (Å²) >= 11 is 0. The molecule has 7 nitrogen and oxygen atoms in total. The third kappa shape index (κ3) is 3.17. The second kappa shape index (κ2) is 7.38. The van der Waals surface area contributed by atoms with Gasteiger partial charge in [-0.15, -0.1) is 0 Å². The fraction of sp³-hybridized carbons (Fsp3) is 0.250.